The molecule has 0 bridgehead atoms. The first-order chi connectivity index (χ1) is 9.34. The number of anilines is 1. The van der Waals surface area contributed by atoms with E-state index in [1.807, 2.05) is 32.9 Å². The molecule has 1 atom stereocenters. The summed E-state index contributed by atoms with van der Waals surface area (Å²) in [5.41, 5.74) is 7.84. The van der Waals surface area contributed by atoms with Crippen molar-refractivity contribution in [3.63, 3.8) is 0 Å². The molecule has 0 aliphatic carbocycles. The third-order valence-electron chi connectivity index (χ3n) is 3.51. The summed E-state index contributed by atoms with van der Waals surface area (Å²) >= 11 is 0. The standard InChI is InChI=1S/C17H28N2O/c1-5-6-7-8-13-9-11-14(12-10-13)19-16(20)15(18)17(2,3)4/h9-12,15H,5-8,18H2,1-4H3,(H,19,20)/t15-/m0/s1. The van der Waals surface area contributed by atoms with Gasteiger partial charge in [0.1, 0.15) is 0 Å². The molecule has 0 aliphatic heterocycles. The molecule has 0 radical (unpaired) electrons. The van der Waals surface area contributed by atoms with Crippen molar-refractivity contribution in [2.45, 2.75) is 59.4 Å². The van der Waals surface area contributed by atoms with Crippen molar-refractivity contribution in [2.75, 3.05) is 5.32 Å². The first-order valence-electron chi connectivity index (χ1n) is 7.50. The molecule has 3 nitrogen and oxygen atoms in total. The Balaban J connectivity index is 2.55. The highest BCUT2D eigenvalue weighted by atomic mass is 16.2. The molecule has 0 aliphatic rings. The topological polar surface area (TPSA) is 55.1 Å². The highest BCUT2D eigenvalue weighted by Crippen LogP contribution is 2.19. The number of amides is 1. The van der Waals surface area contributed by atoms with E-state index in [2.05, 4.69) is 24.4 Å². The highest BCUT2D eigenvalue weighted by molar-refractivity contribution is 5.95. The molecule has 1 amide bonds. The molecular weight excluding hydrogens is 248 g/mol. The summed E-state index contributed by atoms with van der Waals surface area (Å²) in [5, 5.41) is 2.88. The largest absolute Gasteiger partial charge is 0.325 e. The third kappa shape index (κ3) is 5.33. The molecule has 0 unspecified atom stereocenters. The van der Waals surface area contributed by atoms with Crippen LogP contribution in [0.3, 0.4) is 0 Å². The van der Waals surface area contributed by atoms with Crippen LogP contribution in [0.2, 0.25) is 0 Å². The van der Waals surface area contributed by atoms with Crippen LogP contribution in [0.1, 0.15) is 52.5 Å². The summed E-state index contributed by atoms with van der Waals surface area (Å²) in [6.07, 6.45) is 4.82. The highest BCUT2D eigenvalue weighted by Gasteiger charge is 2.27. The molecule has 0 aromatic heterocycles. The molecule has 20 heavy (non-hydrogen) atoms. The van der Waals surface area contributed by atoms with E-state index in [0.29, 0.717) is 0 Å². The van der Waals surface area contributed by atoms with Gasteiger partial charge in [0.05, 0.1) is 6.04 Å². The quantitative estimate of drug-likeness (QED) is 0.778. The smallest absolute Gasteiger partial charge is 0.241 e. The predicted molar refractivity (Wildman–Crippen MR) is 85.7 cm³/mol. The van der Waals surface area contributed by atoms with Crippen molar-refractivity contribution in [1.29, 1.82) is 0 Å². The summed E-state index contributed by atoms with van der Waals surface area (Å²) in [6, 6.07) is 7.55. The van der Waals surface area contributed by atoms with Gasteiger partial charge in [-0.25, -0.2) is 0 Å². The molecule has 0 spiro atoms. The number of nitrogens with one attached hydrogen (secondary N) is 1. The number of hydrogen-bond donors (Lipinski definition) is 2. The van der Waals surface area contributed by atoms with E-state index >= 15 is 0 Å². The Morgan fingerprint density at radius 1 is 1.20 bits per heavy atom. The lowest BCUT2D eigenvalue weighted by Gasteiger charge is -2.25. The lowest BCUT2D eigenvalue weighted by atomic mass is 9.87. The van der Waals surface area contributed by atoms with Gasteiger partial charge in [0.15, 0.2) is 0 Å². The van der Waals surface area contributed by atoms with Crippen molar-refractivity contribution in [3.8, 4) is 0 Å². The Labute approximate surface area is 122 Å². The van der Waals surface area contributed by atoms with Gasteiger partial charge in [0, 0.05) is 5.69 Å². The Hall–Kier alpha value is -1.35. The Morgan fingerprint density at radius 3 is 2.30 bits per heavy atom. The fraction of sp³-hybridized carbons (Fsp3) is 0.588. The van der Waals surface area contributed by atoms with Crippen LogP contribution < -0.4 is 11.1 Å². The van der Waals surface area contributed by atoms with Crippen LogP contribution in [0.4, 0.5) is 5.69 Å². The number of benzene rings is 1. The summed E-state index contributed by atoms with van der Waals surface area (Å²) < 4.78 is 0. The van der Waals surface area contributed by atoms with Gasteiger partial charge in [0.2, 0.25) is 5.91 Å². The maximum atomic E-state index is 12.0. The first-order valence-corrected chi connectivity index (χ1v) is 7.50. The molecule has 1 rings (SSSR count). The molecule has 0 heterocycles. The van der Waals surface area contributed by atoms with Crippen LogP contribution in [0.5, 0.6) is 0 Å². The minimum Gasteiger partial charge on any atom is -0.325 e. The fourth-order valence-corrected chi connectivity index (χ4v) is 1.95. The van der Waals surface area contributed by atoms with E-state index in [1.165, 1.54) is 24.8 Å². The summed E-state index contributed by atoms with van der Waals surface area (Å²) in [4.78, 5) is 12.0. The monoisotopic (exact) mass is 276 g/mol. The second-order valence-electron chi connectivity index (χ2n) is 6.49. The van der Waals surface area contributed by atoms with E-state index in [9.17, 15) is 4.79 Å². The van der Waals surface area contributed by atoms with Gasteiger partial charge >= 0.3 is 0 Å². The van der Waals surface area contributed by atoms with Gasteiger partial charge in [-0.3, -0.25) is 4.79 Å². The van der Waals surface area contributed by atoms with Gasteiger partial charge < -0.3 is 11.1 Å². The van der Waals surface area contributed by atoms with Crippen molar-refractivity contribution in [2.24, 2.45) is 11.1 Å². The Bertz CT molecular complexity index is 418. The maximum absolute atomic E-state index is 12.0. The minimum atomic E-state index is -0.508. The van der Waals surface area contributed by atoms with Crippen LogP contribution in [0, 0.1) is 5.41 Å². The molecule has 0 fully saturated rings. The average molecular weight is 276 g/mol. The fourth-order valence-electron chi connectivity index (χ4n) is 1.95. The number of carbonyl (C=O) groups is 1. The SMILES string of the molecule is CCCCCc1ccc(NC(=O)[C@H](N)C(C)(C)C)cc1. The maximum Gasteiger partial charge on any atom is 0.241 e. The molecule has 1 aromatic rings. The van der Waals surface area contributed by atoms with E-state index < -0.39 is 6.04 Å². The van der Waals surface area contributed by atoms with Crippen molar-refractivity contribution in [3.05, 3.63) is 29.8 Å². The molecule has 0 saturated carbocycles. The van der Waals surface area contributed by atoms with E-state index in [1.54, 1.807) is 0 Å². The number of unbranched alkanes of at least 4 members (excludes halogenated alkanes) is 2. The Morgan fingerprint density at radius 2 is 1.80 bits per heavy atom. The molecule has 3 N–H and O–H groups in total. The van der Waals surface area contributed by atoms with Crippen LogP contribution in [0.15, 0.2) is 24.3 Å². The van der Waals surface area contributed by atoms with Crippen LogP contribution in [0.25, 0.3) is 0 Å². The zero-order chi connectivity index (χ0) is 15.2. The van der Waals surface area contributed by atoms with Crippen molar-refractivity contribution < 1.29 is 4.79 Å². The van der Waals surface area contributed by atoms with Crippen LogP contribution >= 0.6 is 0 Å². The van der Waals surface area contributed by atoms with Crippen molar-refractivity contribution in [1.82, 2.24) is 0 Å². The number of hydrogen-bond acceptors (Lipinski definition) is 2. The van der Waals surface area contributed by atoms with Gasteiger partial charge in [0.25, 0.3) is 0 Å². The molecule has 3 heteroatoms. The van der Waals surface area contributed by atoms with Crippen LogP contribution in [-0.4, -0.2) is 11.9 Å². The minimum absolute atomic E-state index is 0.128. The number of aryl methyl sites for hydroxylation is 1. The van der Waals surface area contributed by atoms with Crippen LogP contribution in [-0.2, 0) is 11.2 Å². The van der Waals surface area contributed by atoms with E-state index in [-0.39, 0.29) is 11.3 Å². The average Bonchev–Trinajstić information content (AvgIpc) is 2.39. The van der Waals surface area contributed by atoms with Gasteiger partial charge in [-0.05, 0) is 36.0 Å². The molecule has 112 valence electrons. The summed E-state index contributed by atoms with van der Waals surface area (Å²) in [5.74, 6) is -0.128. The summed E-state index contributed by atoms with van der Waals surface area (Å²) in [6.45, 7) is 8.10. The number of rotatable bonds is 6. The van der Waals surface area contributed by atoms with E-state index in [4.69, 9.17) is 5.73 Å². The zero-order valence-electron chi connectivity index (χ0n) is 13.2. The third-order valence-corrected chi connectivity index (χ3v) is 3.51. The second-order valence-corrected chi connectivity index (χ2v) is 6.49. The second kappa shape index (κ2) is 7.44. The normalized spacial score (nSPS) is 13.1. The first kappa shape index (κ1) is 16.7. The lowest BCUT2D eigenvalue weighted by molar-refractivity contribution is -0.119. The zero-order valence-corrected chi connectivity index (χ0v) is 13.2. The Kier molecular flexibility index (Phi) is 6.21. The van der Waals surface area contributed by atoms with Gasteiger partial charge in [-0.1, -0.05) is 52.7 Å². The van der Waals surface area contributed by atoms with Crippen molar-refractivity contribution >= 4 is 11.6 Å². The van der Waals surface area contributed by atoms with Gasteiger partial charge in [-0.2, -0.15) is 0 Å². The molecule has 1 aromatic carbocycles. The van der Waals surface area contributed by atoms with Gasteiger partial charge in [-0.15, -0.1) is 0 Å². The molecular formula is C17H28N2O. The van der Waals surface area contributed by atoms with E-state index in [0.717, 1.165) is 12.1 Å². The predicted octanol–water partition coefficient (Wildman–Crippen LogP) is 3.73. The lowest BCUT2D eigenvalue weighted by Crippen LogP contribution is -2.45. The molecule has 0 saturated heterocycles. The number of carbonyl (C=O) groups excluding carboxylic acids is 1. The summed E-state index contributed by atoms with van der Waals surface area (Å²) in [7, 11) is 0. The number of nitrogens with two attached hydrogens (primary N) is 1.